The Hall–Kier alpha value is -1.88. The van der Waals surface area contributed by atoms with E-state index in [4.69, 9.17) is 0 Å². The summed E-state index contributed by atoms with van der Waals surface area (Å²) < 4.78 is 0. The van der Waals surface area contributed by atoms with E-state index < -0.39 is 0 Å². The van der Waals surface area contributed by atoms with Crippen molar-refractivity contribution < 1.29 is 9.59 Å². The van der Waals surface area contributed by atoms with Gasteiger partial charge in [-0.25, -0.2) is 0 Å². The molecular formula is C23H33N3O2. The average Bonchev–Trinajstić information content (AvgIpc) is 3.04. The van der Waals surface area contributed by atoms with Crippen LogP contribution in [0.2, 0.25) is 0 Å². The van der Waals surface area contributed by atoms with Gasteiger partial charge in [0.15, 0.2) is 0 Å². The molecule has 1 saturated carbocycles. The molecule has 28 heavy (non-hydrogen) atoms. The van der Waals surface area contributed by atoms with Crippen LogP contribution in [0.5, 0.6) is 0 Å². The Balaban J connectivity index is 1.45. The minimum atomic E-state index is -0.0533. The van der Waals surface area contributed by atoms with Gasteiger partial charge in [-0.1, -0.05) is 38.1 Å². The number of rotatable bonds is 6. The Labute approximate surface area is 168 Å². The van der Waals surface area contributed by atoms with Crippen LogP contribution in [0.15, 0.2) is 24.3 Å². The third-order valence-electron chi connectivity index (χ3n) is 6.96. The highest BCUT2D eigenvalue weighted by Gasteiger charge is 2.48. The number of nitrogens with one attached hydrogen (secondary N) is 1. The number of aryl methyl sites for hydroxylation is 1. The number of benzene rings is 1. The van der Waals surface area contributed by atoms with Crippen molar-refractivity contribution in [3.63, 3.8) is 0 Å². The van der Waals surface area contributed by atoms with Crippen molar-refractivity contribution in [1.29, 1.82) is 0 Å². The molecule has 0 bridgehead atoms. The van der Waals surface area contributed by atoms with Gasteiger partial charge < -0.3 is 10.2 Å². The van der Waals surface area contributed by atoms with Crippen LogP contribution in [0, 0.1) is 5.92 Å². The zero-order valence-corrected chi connectivity index (χ0v) is 17.2. The molecule has 0 aromatic heterocycles. The number of carbonyl (C=O) groups excluding carboxylic acids is 2. The molecule has 2 aliphatic heterocycles. The van der Waals surface area contributed by atoms with Crippen molar-refractivity contribution in [2.75, 3.05) is 13.1 Å². The second-order valence-corrected chi connectivity index (χ2v) is 8.70. The monoisotopic (exact) mass is 383 g/mol. The van der Waals surface area contributed by atoms with E-state index in [0.29, 0.717) is 12.6 Å². The van der Waals surface area contributed by atoms with Crippen LogP contribution in [0.4, 0.5) is 0 Å². The predicted molar refractivity (Wildman–Crippen MR) is 110 cm³/mol. The molecule has 2 heterocycles. The Bertz CT molecular complexity index is 730. The summed E-state index contributed by atoms with van der Waals surface area (Å²) in [7, 11) is 0. The summed E-state index contributed by atoms with van der Waals surface area (Å²) in [6.45, 7) is 6.43. The minimum Gasteiger partial charge on any atom is -0.353 e. The summed E-state index contributed by atoms with van der Waals surface area (Å²) in [5, 5.41) is 3.22. The first-order valence-electron chi connectivity index (χ1n) is 11.0. The highest BCUT2D eigenvalue weighted by molar-refractivity contribution is 5.85. The van der Waals surface area contributed by atoms with E-state index in [0.717, 1.165) is 45.2 Å². The molecule has 0 radical (unpaired) electrons. The van der Waals surface area contributed by atoms with Gasteiger partial charge in [0.05, 0.1) is 12.5 Å². The zero-order chi connectivity index (χ0) is 19.7. The normalized spacial score (nSPS) is 28.1. The molecule has 2 amide bonds. The Morgan fingerprint density at radius 3 is 2.57 bits per heavy atom. The summed E-state index contributed by atoms with van der Waals surface area (Å²) in [5.41, 5.74) is 2.67. The fourth-order valence-electron chi connectivity index (χ4n) is 5.26. The molecular weight excluding hydrogens is 350 g/mol. The maximum absolute atomic E-state index is 13.0. The van der Waals surface area contributed by atoms with Crippen molar-refractivity contribution in [2.24, 2.45) is 5.92 Å². The molecule has 3 fully saturated rings. The molecule has 1 aromatic carbocycles. The minimum absolute atomic E-state index is 0.0533. The molecule has 0 unspecified atom stereocenters. The van der Waals surface area contributed by atoms with E-state index in [1.165, 1.54) is 17.5 Å². The van der Waals surface area contributed by atoms with Gasteiger partial charge in [0.1, 0.15) is 0 Å². The lowest BCUT2D eigenvalue weighted by Gasteiger charge is -2.40. The number of nitrogens with zero attached hydrogens (tertiary/aromatic N) is 2. The van der Waals surface area contributed by atoms with Crippen molar-refractivity contribution >= 4 is 11.8 Å². The lowest BCUT2D eigenvalue weighted by molar-refractivity contribution is -0.141. The maximum atomic E-state index is 13.0. The fourth-order valence-corrected chi connectivity index (χ4v) is 5.26. The SMILES string of the molecule is CCc1ccccc1CN1CC(=O)N2[C@H](C[C@@H](C(=O)NC3CCC3)[C@H]2CC)C1. The maximum Gasteiger partial charge on any atom is 0.237 e. The van der Waals surface area contributed by atoms with Crippen molar-refractivity contribution in [1.82, 2.24) is 15.1 Å². The Morgan fingerprint density at radius 2 is 1.93 bits per heavy atom. The van der Waals surface area contributed by atoms with Crippen LogP contribution in [0.1, 0.15) is 57.1 Å². The molecule has 1 aliphatic carbocycles. The van der Waals surface area contributed by atoms with Crippen LogP contribution in [-0.4, -0.2) is 52.8 Å². The topological polar surface area (TPSA) is 52.7 Å². The Morgan fingerprint density at radius 1 is 1.18 bits per heavy atom. The number of carbonyl (C=O) groups is 2. The molecule has 5 nitrogen and oxygen atoms in total. The molecule has 0 spiro atoms. The highest BCUT2D eigenvalue weighted by Crippen LogP contribution is 2.36. The molecule has 152 valence electrons. The van der Waals surface area contributed by atoms with Gasteiger partial charge in [-0.05, 0) is 49.7 Å². The van der Waals surface area contributed by atoms with Crippen molar-refractivity contribution in [3.8, 4) is 0 Å². The summed E-state index contributed by atoms with van der Waals surface area (Å²) in [6.07, 6.45) is 6.08. The van der Waals surface area contributed by atoms with Gasteiger partial charge in [0.25, 0.3) is 0 Å². The van der Waals surface area contributed by atoms with E-state index in [-0.39, 0.29) is 29.8 Å². The van der Waals surface area contributed by atoms with Crippen LogP contribution in [-0.2, 0) is 22.6 Å². The first kappa shape index (κ1) is 19.4. The molecule has 5 heteroatoms. The molecule has 3 atom stereocenters. The van der Waals surface area contributed by atoms with Crippen LogP contribution >= 0.6 is 0 Å². The lowest BCUT2D eigenvalue weighted by Crippen LogP contribution is -2.56. The first-order valence-corrected chi connectivity index (χ1v) is 11.0. The standard InChI is InChI=1S/C23H33N3O2/c1-3-16-8-5-6-9-17(16)13-25-14-19-12-20(23(28)24-18-10-7-11-18)21(4-2)26(19)22(27)15-25/h5-6,8-9,18-21H,3-4,7,10-15H2,1-2H3,(H,24,28)/t19-,20-,21-/m1/s1. The quantitative estimate of drug-likeness (QED) is 0.822. The highest BCUT2D eigenvalue weighted by atomic mass is 16.2. The van der Waals surface area contributed by atoms with E-state index in [9.17, 15) is 9.59 Å². The Kier molecular flexibility index (Phi) is 5.72. The van der Waals surface area contributed by atoms with Gasteiger partial charge >= 0.3 is 0 Å². The third-order valence-corrected chi connectivity index (χ3v) is 6.96. The number of piperazine rings is 1. The molecule has 1 N–H and O–H groups in total. The van der Waals surface area contributed by atoms with Crippen molar-refractivity contribution in [3.05, 3.63) is 35.4 Å². The largest absolute Gasteiger partial charge is 0.353 e. The second kappa shape index (κ2) is 8.24. The van der Waals surface area contributed by atoms with Gasteiger partial charge in [-0.15, -0.1) is 0 Å². The van der Waals surface area contributed by atoms with E-state index in [1.807, 2.05) is 4.90 Å². The molecule has 2 saturated heterocycles. The number of fused-ring (bicyclic) bond motifs is 1. The molecule has 4 rings (SSSR count). The van der Waals surface area contributed by atoms with E-state index in [1.54, 1.807) is 0 Å². The first-order chi connectivity index (χ1) is 13.6. The number of hydrogen-bond donors (Lipinski definition) is 1. The van der Waals surface area contributed by atoms with Crippen LogP contribution in [0.25, 0.3) is 0 Å². The number of amides is 2. The lowest BCUT2D eigenvalue weighted by atomic mass is 9.90. The molecule has 3 aliphatic rings. The summed E-state index contributed by atoms with van der Waals surface area (Å²) >= 11 is 0. The van der Waals surface area contributed by atoms with Crippen LogP contribution < -0.4 is 5.32 Å². The predicted octanol–water partition coefficient (Wildman–Crippen LogP) is 2.73. The third kappa shape index (κ3) is 3.69. The van der Waals surface area contributed by atoms with Crippen LogP contribution in [0.3, 0.4) is 0 Å². The van der Waals surface area contributed by atoms with Gasteiger partial charge in [0, 0.05) is 31.2 Å². The van der Waals surface area contributed by atoms with Crippen molar-refractivity contribution in [2.45, 2.75) is 77.0 Å². The van der Waals surface area contributed by atoms with Gasteiger partial charge in [0.2, 0.25) is 11.8 Å². The summed E-state index contributed by atoms with van der Waals surface area (Å²) in [4.78, 5) is 30.2. The number of hydrogen-bond acceptors (Lipinski definition) is 3. The van der Waals surface area contributed by atoms with E-state index in [2.05, 4.69) is 48.3 Å². The zero-order valence-electron chi connectivity index (χ0n) is 17.2. The van der Waals surface area contributed by atoms with Gasteiger partial charge in [-0.3, -0.25) is 14.5 Å². The van der Waals surface area contributed by atoms with E-state index >= 15 is 0 Å². The fraction of sp³-hybridized carbons (Fsp3) is 0.652. The smallest absolute Gasteiger partial charge is 0.237 e. The summed E-state index contributed by atoms with van der Waals surface area (Å²) in [5.74, 6) is 0.306. The summed E-state index contributed by atoms with van der Waals surface area (Å²) in [6, 6.07) is 9.10. The molecule has 1 aromatic rings. The average molecular weight is 384 g/mol. The van der Waals surface area contributed by atoms with Gasteiger partial charge in [-0.2, -0.15) is 0 Å². The second-order valence-electron chi connectivity index (χ2n) is 8.70.